The van der Waals surface area contributed by atoms with Gasteiger partial charge in [0, 0.05) is 42.2 Å². The van der Waals surface area contributed by atoms with Gasteiger partial charge in [0.15, 0.2) is 17.5 Å². The number of fused-ring (bicyclic) bond motifs is 9. The summed E-state index contributed by atoms with van der Waals surface area (Å²) in [7, 11) is 0. The number of nitrogens with zero attached hydrogens (tertiary/aromatic N) is 3. The van der Waals surface area contributed by atoms with E-state index in [-0.39, 0.29) is 0 Å². The van der Waals surface area contributed by atoms with E-state index in [9.17, 15) is 0 Å². The van der Waals surface area contributed by atoms with Crippen LogP contribution >= 0.6 is 11.3 Å². The van der Waals surface area contributed by atoms with Gasteiger partial charge in [-0.05, 0) is 50.2 Å². The summed E-state index contributed by atoms with van der Waals surface area (Å²) in [5, 5.41) is 9.84. The lowest BCUT2D eigenvalue weighted by atomic mass is 9.94. The van der Waals surface area contributed by atoms with E-state index in [1.54, 1.807) is 0 Å². The molecule has 0 N–H and O–H groups in total. The molecule has 4 heteroatoms. The van der Waals surface area contributed by atoms with Crippen molar-refractivity contribution in [1.29, 1.82) is 0 Å². The topological polar surface area (TPSA) is 38.7 Å². The summed E-state index contributed by atoms with van der Waals surface area (Å²) in [5.41, 5.74) is 5.25. The molecule has 3 nitrogen and oxygen atoms in total. The fourth-order valence-corrected chi connectivity index (χ4v) is 8.47. The Hall–Kier alpha value is -6.23. The number of hydrogen-bond donors (Lipinski definition) is 0. The Morgan fingerprint density at radius 3 is 1.53 bits per heavy atom. The van der Waals surface area contributed by atoms with Crippen LogP contribution in [0.1, 0.15) is 0 Å². The van der Waals surface area contributed by atoms with Crippen molar-refractivity contribution in [2.45, 2.75) is 0 Å². The second kappa shape index (κ2) is 11.2. The molecule has 0 atom stereocenters. The van der Waals surface area contributed by atoms with Crippen LogP contribution in [0.15, 0.2) is 164 Å². The van der Waals surface area contributed by atoms with Gasteiger partial charge < -0.3 is 0 Å². The lowest BCUT2D eigenvalue weighted by molar-refractivity contribution is 1.08. The summed E-state index contributed by atoms with van der Waals surface area (Å²) in [6.07, 6.45) is 0. The van der Waals surface area contributed by atoms with Crippen LogP contribution in [0.25, 0.3) is 97.8 Å². The van der Waals surface area contributed by atoms with Crippen LogP contribution in [0.4, 0.5) is 0 Å². The van der Waals surface area contributed by atoms with Crippen LogP contribution in [0.5, 0.6) is 0 Å². The highest BCUT2D eigenvalue weighted by molar-refractivity contribution is 7.27. The van der Waals surface area contributed by atoms with Crippen molar-refractivity contribution in [1.82, 2.24) is 15.0 Å². The van der Waals surface area contributed by atoms with Crippen molar-refractivity contribution in [3.63, 3.8) is 0 Å². The maximum absolute atomic E-state index is 5.27. The normalized spacial score (nSPS) is 11.7. The Morgan fingerprint density at radius 2 is 0.837 bits per heavy atom. The maximum atomic E-state index is 5.27. The van der Waals surface area contributed by atoms with E-state index in [0.717, 1.165) is 22.3 Å². The third kappa shape index (κ3) is 4.61. The lowest BCUT2D eigenvalue weighted by Crippen LogP contribution is -2.00. The quantitative estimate of drug-likeness (QED) is 0.180. The van der Waals surface area contributed by atoms with E-state index >= 15 is 0 Å². The first-order chi connectivity index (χ1) is 24.3. The Morgan fingerprint density at radius 1 is 0.347 bits per heavy atom. The first kappa shape index (κ1) is 27.8. The molecule has 0 radical (unpaired) electrons. The molecular formula is C45H27N3S. The molecular weight excluding hydrogens is 615 g/mol. The lowest BCUT2D eigenvalue weighted by Gasteiger charge is -2.13. The largest absolute Gasteiger partial charge is 0.208 e. The second-order valence-corrected chi connectivity index (χ2v) is 13.4. The van der Waals surface area contributed by atoms with Gasteiger partial charge in [-0.15, -0.1) is 11.3 Å². The highest BCUT2D eigenvalue weighted by atomic mass is 32.1. The van der Waals surface area contributed by atoms with Crippen LogP contribution in [0.3, 0.4) is 0 Å². The zero-order chi connectivity index (χ0) is 32.3. The summed E-state index contributed by atoms with van der Waals surface area (Å²) in [4.78, 5) is 15.6. The molecule has 0 saturated heterocycles. The monoisotopic (exact) mass is 641 g/mol. The summed E-state index contributed by atoms with van der Waals surface area (Å²) >= 11 is 1.86. The molecule has 0 aliphatic carbocycles. The minimum absolute atomic E-state index is 0.652. The number of rotatable bonds is 4. The summed E-state index contributed by atoms with van der Waals surface area (Å²) in [6.45, 7) is 0. The predicted molar refractivity (Wildman–Crippen MR) is 207 cm³/mol. The van der Waals surface area contributed by atoms with Gasteiger partial charge in [-0.1, -0.05) is 152 Å². The fraction of sp³-hybridized carbons (Fsp3) is 0. The molecule has 10 aromatic rings. The van der Waals surface area contributed by atoms with Gasteiger partial charge in [-0.25, -0.2) is 15.0 Å². The van der Waals surface area contributed by atoms with Crippen molar-refractivity contribution < 1.29 is 0 Å². The molecule has 10 rings (SSSR count). The predicted octanol–water partition coefficient (Wildman–Crippen LogP) is 12.4. The zero-order valence-electron chi connectivity index (χ0n) is 26.3. The van der Waals surface area contributed by atoms with E-state index in [1.807, 2.05) is 35.6 Å². The maximum Gasteiger partial charge on any atom is 0.164 e. The zero-order valence-corrected chi connectivity index (χ0v) is 27.2. The van der Waals surface area contributed by atoms with Crippen LogP contribution in [-0.4, -0.2) is 15.0 Å². The molecule has 228 valence electrons. The summed E-state index contributed by atoms with van der Waals surface area (Å²) in [5.74, 6) is 1.98. The van der Waals surface area contributed by atoms with Crippen molar-refractivity contribution in [3.8, 4) is 45.3 Å². The molecule has 0 amide bonds. The Labute approximate surface area is 286 Å². The molecule has 0 bridgehead atoms. The molecule has 49 heavy (non-hydrogen) atoms. The number of thiophene rings is 1. The highest BCUT2D eigenvalue weighted by Gasteiger charge is 2.21. The third-order valence-corrected chi connectivity index (χ3v) is 10.7. The van der Waals surface area contributed by atoms with Crippen LogP contribution in [0.2, 0.25) is 0 Å². The molecule has 0 aliphatic rings. The number of hydrogen-bond acceptors (Lipinski definition) is 4. The van der Waals surface area contributed by atoms with Gasteiger partial charge in [-0.2, -0.15) is 0 Å². The van der Waals surface area contributed by atoms with Gasteiger partial charge in [-0.3, -0.25) is 0 Å². The molecule has 0 fully saturated rings. The first-order valence-electron chi connectivity index (χ1n) is 16.4. The average molecular weight is 642 g/mol. The molecule has 2 aromatic heterocycles. The molecule has 2 heterocycles. The minimum atomic E-state index is 0.652. The molecule has 0 saturated carbocycles. The van der Waals surface area contributed by atoms with E-state index < -0.39 is 0 Å². The molecule has 8 aromatic carbocycles. The molecule has 0 unspecified atom stereocenters. The Kier molecular flexibility index (Phi) is 6.36. The van der Waals surface area contributed by atoms with E-state index in [4.69, 9.17) is 15.0 Å². The third-order valence-electron chi connectivity index (χ3n) is 9.50. The number of benzene rings is 8. The van der Waals surface area contributed by atoms with Gasteiger partial charge in [0.05, 0.1) is 0 Å². The highest BCUT2D eigenvalue weighted by Crippen LogP contribution is 2.47. The van der Waals surface area contributed by atoms with Crippen LogP contribution in [0, 0.1) is 0 Å². The standard InChI is InChI=1S/C45H27N3S/c1-3-11-28(12-4-1)29-19-22-33(23-20-29)44-46-43(32-15-5-2-6-16-32)47-45(48-44)37-27-34-24-21-30-13-7-9-17-35(30)39(34)42-41(37)40-36-18-10-8-14-31(36)25-26-38(40)49-42/h1-27H. The smallest absolute Gasteiger partial charge is 0.164 e. The average Bonchev–Trinajstić information content (AvgIpc) is 3.58. The van der Waals surface area contributed by atoms with Crippen molar-refractivity contribution >= 4 is 63.8 Å². The Bertz CT molecular complexity index is 2860. The first-order valence-corrected chi connectivity index (χ1v) is 17.3. The van der Waals surface area contributed by atoms with Crippen molar-refractivity contribution in [3.05, 3.63) is 164 Å². The van der Waals surface area contributed by atoms with Crippen LogP contribution in [-0.2, 0) is 0 Å². The summed E-state index contributed by atoms with van der Waals surface area (Å²) in [6, 6.07) is 57.8. The van der Waals surface area contributed by atoms with Crippen LogP contribution < -0.4 is 0 Å². The van der Waals surface area contributed by atoms with Gasteiger partial charge >= 0.3 is 0 Å². The fourth-order valence-electron chi connectivity index (χ4n) is 7.15. The molecule has 0 aliphatic heterocycles. The van der Waals surface area contributed by atoms with E-state index in [0.29, 0.717) is 17.5 Å². The van der Waals surface area contributed by atoms with E-state index in [1.165, 1.54) is 58.1 Å². The Balaban J connectivity index is 1.30. The SMILES string of the molecule is c1ccc(-c2ccc(-c3nc(-c4ccccc4)nc(-c4cc5ccc6ccccc6c5c5sc6ccc7ccccc7c6c45)n3)cc2)cc1. The van der Waals surface area contributed by atoms with Crippen molar-refractivity contribution in [2.24, 2.45) is 0 Å². The summed E-state index contributed by atoms with van der Waals surface area (Å²) < 4.78 is 2.51. The van der Waals surface area contributed by atoms with Crippen molar-refractivity contribution in [2.75, 3.05) is 0 Å². The van der Waals surface area contributed by atoms with E-state index in [2.05, 4.69) is 140 Å². The molecule has 0 spiro atoms. The second-order valence-electron chi connectivity index (χ2n) is 12.4. The van der Waals surface area contributed by atoms with Gasteiger partial charge in [0.1, 0.15) is 0 Å². The minimum Gasteiger partial charge on any atom is -0.208 e. The number of aromatic nitrogens is 3. The van der Waals surface area contributed by atoms with Gasteiger partial charge in [0.25, 0.3) is 0 Å². The van der Waals surface area contributed by atoms with Gasteiger partial charge in [0.2, 0.25) is 0 Å².